The highest BCUT2D eigenvalue weighted by molar-refractivity contribution is 6.31. The van der Waals surface area contributed by atoms with Crippen molar-refractivity contribution in [2.75, 3.05) is 64.8 Å². The minimum Gasteiger partial charge on any atom is -0.469 e. The number of hydrogen-bond acceptors (Lipinski definition) is 10. The second-order valence-corrected chi connectivity index (χ2v) is 13.1. The molecule has 2 aliphatic rings. The molecule has 2 amide bonds. The molecule has 0 unspecified atom stereocenters. The SMILES string of the molecule is COC(=O)C1(C)CCN(CCN2CCN(C(=O)Cn3cc(NC(=O)c4cnn5cccnc45)c(-c4cc(Cl)ccc4OC(F)F)n3)CC2)CC1. The third-order valence-electron chi connectivity index (χ3n) is 9.34. The quantitative estimate of drug-likeness (QED) is 0.230. The fourth-order valence-electron chi connectivity index (χ4n) is 6.32. The van der Waals surface area contributed by atoms with E-state index < -0.39 is 17.9 Å². The van der Waals surface area contributed by atoms with Crippen LogP contribution in [0, 0.1) is 5.41 Å². The van der Waals surface area contributed by atoms with Gasteiger partial charge in [0, 0.05) is 68.4 Å². The van der Waals surface area contributed by atoms with E-state index in [0.29, 0.717) is 31.8 Å². The van der Waals surface area contributed by atoms with E-state index in [0.717, 1.165) is 39.0 Å². The Hall–Kier alpha value is -4.67. The summed E-state index contributed by atoms with van der Waals surface area (Å²) < 4.78 is 39.2. The minimum atomic E-state index is -3.12. The van der Waals surface area contributed by atoms with Gasteiger partial charge in [-0.05, 0) is 57.1 Å². The molecule has 2 saturated heterocycles. The van der Waals surface area contributed by atoms with Crippen LogP contribution in [0.2, 0.25) is 5.02 Å². The van der Waals surface area contributed by atoms with Crippen LogP contribution in [-0.4, -0.2) is 123 Å². The molecular formula is C33H38ClF2N9O5. The number of ether oxygens (including phenoxy) is 2. The molecule has 0 radical (unpaired) electrons. The van der Waals surface area contributed by atoms with Crippen molar-refractivity contribution in [3.05, 3.63) is 59.6 Å². The topological polar surface area (TPSA) is 139 Å². The van der Waals surface area contributed by atoms with Gasteiger partial charge in [-0.25, -0.2) is 9.50 Å². The Morgan fingerprint density at radius 2 is 1.78 bits per heavy atom. The Kier molecular flexibility index (Phi) is 10.6. The third-order valence-corrected chi connectivity index (χ3v) is 9.57. The Morgan fingerprint density at radius 1 is 1.06 bits per heavy atom. The number of nitrogens with zero attached hydrogens (tertiary/aromatic N) is 8. The second-order valence-electron chi connectivity index (χ2n) is 12.6. The Morgan fingerprint density at radius 3 is 2.48 bits per heavy atom. The molecule has 3 aromatic heterocycles. The van der Waals surface area contributed by atoms with Gasteiger partial charge < -0.3 is 24.6 Å². The fourth-order valence-corrected chi connectivity index (χ4v) is 6.49. The van der Waals surface area contributed by atoms with Crippen LogP contribution in [0.5, 0.6) is 5.75 Å². The van der Waals surface area contributed by atoms with E-state index in [4.69, 9.17) is 21.1 Å². The van der Waals surface area contributed by atoms with Gasteiger partial charge in [0.1, 0.15) is 23.6 Å². The largest absolute Gasteiger partial charge is 0.469 e. The predicted molar refractivity (Wildman–Crippen MR) is 179 cm³/mol. The molecular weight excluding hydrogens is 676 g/mol. The lowest BCUT2D eigenvalue weighted by molar-refractivity contribution is -0.154. The van der Waals surface area contributed by atoms with E-state index >= 15 is 0 Å². The van der Waals surface area contributed by atoms with Crippen molar-refractivity contribution in [1.82, 2.24) is 39.1 Å². The van der Waals surface area contributed by atoms with Crippen LogP contribution in [0.15, 0.2) is 49.1 Å². The van der Waals surface area contributed by atoms with E-state index in [1.807, 2.05) is 6.92 Å². The number of aromatic nitrogens is 5. The normalized spacial score (nSPS) is 16.9. The van der Waals surface area contributed by atoms with Gasteiger partial charge in [0.05, 0.1) is 24.4 Å². The van der Waals surface area contributed by atoms with Crippen LogP contribution in [-0.2, 0) is 20.9 Å². The lowest BCUT2D eigenvalue weighted by Gasteiger charge is -2.39. The summed E-state index contributed by atoms with van der Waals surface area (Å²) in [5, 5.41) is 11.7. The van der Waals surface area contributed by atoms with E-state index in [9.17, 15) is 23.2 Å². The van der Waals surface area contributed by atoms with Crippen molar-refractivity contribution < 1.29 is 32.6 Å². The summed E-state index contributed by atoms with van der Waals surface area (Å²) in [5.41, 5.74) is 0.400. The van der Waals surface area contributed by atoms with Gasteiger partial charge in [0.25, 0.3) is 5.91 Å². The molecule has 0 saturated carbocycles. The van der Waals surface area contributed by atoms with Gasteiger partial charge in [0.15, 0.2) is 5.65 Å². The van der Waals surface area contributed by atoms with Crippen LogP contribution in [0.4, 0.5) is 14.5 Å². The van der Waals surface area contributed by atoms with E-state index in [1.54, 1.807) is 17.2 Å². The highest BCUT2D eigenvalue weighted by atomic mass is 35.5. The first-order valence-electron chi connectivity index (χ1n) is 16.3. The number of piperidine rings is 1. The summed E-state index contributed by atoms with van der Waals surface area (Å²) in [7, 11) is 1.43. The number of nitrogens with one attached hydrogen (secondary N) is 1. The van der Waals surface area contributed by atoms with Crippen molar-refractivity contribution in [1.29, 1.82) is 0 Å². The molecule has 0 bridgehead atoms. The summed E-state index contributed by atoms with van der Waals surface area (Å²) in [4.78, 5) is 49.6. The first-order valence-corrected chi connectivity index (χ1v) is 16.6. The number of halogens is 3. The number of fused-ring (bicyclic) bond motifs is 1. The number of anilines is 1. The number of amides is 2. The number of benzene rings is 1. The molecule has 5 heterocycles. The van der Waals surface area contributed by atoms with Crippen LogP contribution < -0.4 is 10.1 Å². The van der Waals surface area contributed by atoms with Crippen LogP contribution in [0.3, 0.4) is 0 Å². The molecule has 0 atom stereocenters. The zero-order chi connectivity index (χ0) is 35.4. The number of piperazine rings is 1. The van der Waals surface area contributed by atoms with Crippen molar-refractivity contribution in [2.45, 2.75) is 32.9 Å². The van der Waals surface area contributed by atoms with Gasteiger partial charge in [-0.2, -0.15) is 19.0 Å². The number of rotatable bonds is 11. The van der Waals surface area contributed by atoms with Gasteiger partial charge in [-0.3, -0.25) is 24.0 Å². The summed E-state index contributed by atoms with van der Waals surface area (Å²) in [6, 6.07) is 5.77. The molecule has 1 N–H and O–H groups in total. The number of alkyl halides is 2. The molecule has 4 aromatic rings. The van der Waals surface area contributed by atoms with Crippen molar-refractivity contribution in [2.24, 2.45) is 5.41 Å². The van der Waals surface area contributed by atoms with Gasteiger partial charge in [0.2, 0.25) is 5.91 Å². The standard InChI is InChI=1S/C33H38ClF2N9O5/c1-33(31(48)49-2)6-10-41(11-7-33)12-13-42-14-16-43(17-15-42)27(46)21-44-20-25(39-30(47)24-19-38-45-9-3-8-37-29(24)45)28(40-44)23-18-22(34)4-5-26(23)50-32(35)36/h3-5,8-9,18-20,32H,6-7,10-17,21H2,1-2H3,(H,39,47). The number of carbonyl (C=O) groups is 3. The highest BCUT2D eigenvalue weighted by Crippen LogP contribution is 2.37. The zero-order valence-electron chi connectivity index (χ0n) is 27.7. The summed E-state index contributed by atoms with van der Waals surface area (Å²) in [5.74, 6) is -1.10. The van der Waals surface area contributed by atoms with Gasteiger partial charge in [-0.1, -0.05) is 11.6 Å². The van der Waals surface area contributed by atoms with Crippen LogP contribution in [0.25, 0.3) is 16.9 Å². The lowest BCUT2D eigenvalue weighted by atomic mass is 9.80. The molecule has 14 nitrogen and oxygen atoms in total. The third kappa shape index (κ3) is 7.87. The average Bonchev–Trinajstić information content (AvgIpc) is 3.72. The van der Waals surface area contributed by atoms with Crippen molar-refractivity contribution in [3.8, 4) is 17.0 Å². The van der Waals surface area contributed by atoms with Crippen LogP contribution >= 0.6 is 11.6 Å². The first kappa shape index (κ1) is 35.2. The first-order chi connectivity index (χ1) is 24.0. The molecule has 0 spiro atoms. The Balaban J connectivity index is 1.12. The Labute approximate surface area is 291 Å². The maximum Gasteiger partial charge on any atom is 0.387 e. The smallest absolute Gasteiger partial charge is 0.387 e. The molecule has 17 heteroatoms. The Bertz CT molecular complexity index is 1850. The second kappa shape index (κ2) is 15.1. The van der Waals surface area contributed by atoms with Crippen LogP contribution in [0.1, 0.15) is 30.1 Å². The van der Waals surface area contributed by atoms with Gasteiger partial charge in [-0.15, -0.1) is 0 Å². The molecule has 6 rings (SSSR count). The summed E-state index contributed by atoms with van der Waals surface area (Å²) in [6.07, 6.45) is 7.53. The van der Waals surface area contributed by atoms with E-state index in [1.165, 1.54) is 53.1 Å². The minimum absolute atomic E-state index is 0.0863. The summed E-state index contributed by atoms with van der Waals surface area (Å²) >= 11 is 6.24. The number of carbonyl (C=O) groups excluding carboxylic acids is 3. The maximum absolute atomic E-state index is 13.4. The number of esters is 1. The molecule has 0 aliphatic carbocycles. The molecule has 266 valence electrons. The predicted octanol–water partition coefficient (Wildman–Crippen LogP) is 3.52. The van der Waals surface area contributed by atoms with E-state index in [2.05, 4.69) is 30.3 Å². The highest BCUT2D eigenvalue weighted by Gasteiger charge is 2.38. The number of likely N-dealkylation sites (tertiary alicyclic amines) is 1. The monoisotopic (exact) mass is 713 g/mol. The van der Waals surface area contributed by atoms with Gasteiger partial charge >= 0.3 is 12.6 Å². The molecule has 50 heavy (non-hydrogen) atoms. The molecule has 2 fully saturated rings. The molecule has 1 aromatic carbocycles. The number of methoxy groups -OCH3 is 1. The lowest BCUT2D eigenvalue weighted by Crippen LogP contribution is -2.51. The average molecular weight is 714 g/mol. The zero-order valence-corrected chi connectivity index (χ0v) is 28.5. The van der Waals surface area contributed by atoms with Crippen molar-refractivity contribution >= 4 is 40.7 Å². The fraction of sp³-hybridized carbons (Fsp3) is 0.455. The number of hydrogen-bond donors (Lipinski definition) is 1. The summed E-state index contributed by atoms with van der Waals surface area (Å²) in [6.45, 7) is 4.55. The maximum atomic E-state index is 13.4. The van der Waals surface area contributed by atoms with E-state index in [-0.39, 0.29) is 51.7 Å². The van der Waals surface area contributed by atoms with Crippen molar-refractivity contribution in [3.63, 3.8) is 0 Å². The molecule has 2 aliphatic heterocycles.